The summed E-state index contributed by atoms with van der Waals surface area (Å²) in [6, 6.07) is 19.7. The minimum atomic E-state index is 0.819. The predicted molar refractivity (Wildman–Crippen MR) is 116 cm³/mol. The van der Waals surface area contributed by atoms with Gasteiger partial charge in [-0.15, -0.1) is 11.3 Å². The van der Waals surface area contributed by atoms with Crippen molar-refractivity contribution in [3.63, 3.8) is 0 Å². The summed E-state index contributed by atoms with van der Waals surface area (Å²) in [5, 5.41) is 6.67. The standard InChI is InChI=1S/C23H23N3S/c1-16-5-9-19(10-6-16)20-11-7-18(8-12-20)4-3-14-24-22-21-13-15-27-23(21)26-17(2)25-22/h5-13,15H,3-4,14H2,1-2H3,(H,24,25,26). The first kappa shape index (κ1) is 17.7. The van der Waals surface area contributed by atoms with E-state index in [-0.39, 0.29) is 0 Å². The van der Waals surface area contributed by atoms with Gasteiger partial charge in [0.1, 0.15) is 16.5 Å². The SMILES string of the molecule is Cc1ccc(-c2ccc(CCCNc3nc(C)nc4sccc34)cc2)cc1. The third kappa shape index (κ3) is 4.17. The van der Waals surface area contributed by atoms with Crippen molar-refractivity contribution in [1.82, 2.24) is 9.97 Å². The van der Waals surface area contributed by atoms with E-state index in [1.807, 2.05) is 6.92 Å². The molecule has 2 aromatic heterocycles. The Bertz CT molecular complexity index is 1030. The summed E-state index contributed by atoms with van der Waals surface area (Å²) in [7, 11) is 0. The zero-order valence-electron chi connectivity index (χ0n) is 15.7. The van der Waals surface area contributed by atoms with Crippen LogP contribution >= 0.6 is 11.3 Å². The quantitative estimate of drug-likeness (QED) is 0.420. The first-order valence-corrected chi connectivity index (χ1v) is 10.2. The molecule has 1 N–H and O–H groups in total. The highest BCUT2D eigenvalue weighted by Gasteiger charge is 2.06. The number of anilines is 1. The van der Waals surface area contributed by atoms with Gasteiger partial charge in [-0.05, 0) is 54.8 Å². The van der Waals surface area contributed by atoms with Crippen molar-refractivity contribution in [2.45, 2.75) is 26.7 Å². The van der Waals surface area contributed by atoms with E-state index in [0.717, 1.165) is 41.2 Å². The lowest BCUT2D eigenvalue weighted by Gasteiger charge is -2.08. The number of thiophene rings is 1. The lowest BCUT2D eigenvalue weighted by atomic mass is 10.0. The van der Waals surface area contributed by atoms with Crippen LogP contribution in [-0.4, -0.2) is 16.5 Å². The molecule has 27 heavy (non-hydrogen) atoms. The second-order valence-electron chi connectivity index (χ2n) is 6.85. The molecule has 4 aromatic rings. The Morgan fingerprint density at radius 2 is 1.56 bits per heavy atom. The molecule has 2 heterocycles. The molecule has 3 nitrogen and oxygen atoms in total. The van der Waals surface area contributed by atoms with E-state index in [2.05, 4.69) is 82.2 Å². The molecular weight excluding hydrogens is 350 g/mol. The molecule has 0 saturated heterocycles. The topological polar surface area (TPSA) is 37.8 Å². The van der Waals surface area contributed by atoms with Gasteiger partial charge >= 0.3 is 0 Å². The molecule has 0 unspecified atom stereocenters. The molecule has 0 spiro atoms. The predicted octanol–water partition coefficient (Wildman–Crippen LogP) is 6.02. The Morgan fingerprint density at radius 1 is 0.852 bits per heavy atom. The summed E-state index contributed by atoms with van der Waals surface area (Å²) in [5.41, 5.74) is 5.20. The number of aryl methyl sites for hydroxylation is 3. The number of rotatable bonds is 6. The highest BCUT2D eigenvalue weighted by atomic mass is 32.1. The number of benzene rings is 2. The molecule has 2 aromatic carbocycles. The average molecular weight is 374 g/mol. The third-order valence-corrected chi connectivity index (χ3v) is 5.52. The van der Waals surface area contributed by atoms with E-state index in [9.17, 15) is 0 Å². The summed E-state index contributed by atoms with van der Waals surface area (Å²) >= 11 is 1.66. The van der Waals surface area contributed by atoms with Crippen LogP contribution in [0.25, 0.3) is 21.3 Å². The number of hydrogen-bond acceptors (Lipinski definition) is 4. The molecular formula is C23H23N3S. The van der Waals surface area contributed by atoms with Gasteiger partial charge in [-0.1, -0.05) is 54.1 Å². The van der Waals surface area contributed by atoms with Gasteiger partial charge < -0.3 is 5.32 Å². The van der Waals surface area contributed by atoms with Crippen molar-refractivity contribution in [3.05, 3.63) is 76.9 Å². The summed E-state index contributed by atoms with van der Waals surface area (Å²) in [6.45, 7) is 4.97. The van der Waals surface area contributed by atoms with Crippen molar-refractivity contribution in [2.24, 2.45) is 0 Å². The maximum Gasteiger partial charge on any atom is 0.138 e. The fraction of sp³-hybridized carbons (Fsp3) is 0.217. The van der Waals surface area contributed by atoms with E-state index >= 15 is 0 Å². The summed E-state index contributed by atoms with van der Waals surface area (Å²) in [4.78, 5) is 10.1. The smallest absolute Gasteiger partial charge is 0.138 e. The molecule has 0 saturated carbocycles. The van der Waals surface area contributed by atoms with E-state index in [4.69, 9.17) is 0 Å². The number of hydrogen-bond donors (Lipinski definition) is 1. The normalized spacial score (nSPS) is 11.0. The van der Waals surface area contributed by atoms with Gasteiger partial charge in [0.15, 0.2) is 0 Å². The van der Waals surface area contributed by atoms with Crippen LogP contribution in [0.4, 0.5) is 5.82 Å². The van der Waals surface area contributed by atoms with Crippen molar-refractivity contribution in [1.29, 1.82) is 0 Å². The van der Waals surface area contributed by atoms with Crippen LogP contribution in [0.1, 0.15) is 23.4 Å². The Hall–Kier alpha value is -2.72. The molecule has 0 bridgehead atoms. The highest BCUT2D eigenvalue weighted by Crippen LogP contribution is 2.25. The van der Waals surface area contributed by atoms with Crippen LogP contribution < -0.4 is 5.32 Å². The molecule has 4 rings (SSSR count). The molecule has 0 amide bonds. The number of aromatic nitrogens is 2. The summed E-state index contributed by atoms with van der Waals surface area (Å²) in [5.74, 6) is 1.77. The fourth-order valence-electron chi connectivity index (χ4n) is 3.21. The van der Waals surface area contributed by atoms with Gasteiger partial charge in [-0.25, -0.2) is 9.97 Å². The van der Waals surface area contributed by atoms with Crippen LogP contribution in [0, 0.1) is 13.8 Å². The maximum atomic E-state index is 4.55. The van der Waals surface area contributed by atoms with Gasteiger partial charge in [0.2, 0.25) is 0 Å². The van der Waals surface area contributed by atoms with Gasteiger partial charge in [-0.2, -0.15) is 0 Å². The van der Waals surface area contributed by atoms with Crippen molar-refractivity contribution >= 4 is 27.4 Å². The largest absolute Gasteiger partial charge is 0.369 e. The second-order valence-corrected chi connectivity index (χ2v) is 7.75. The Kier molecular flexibility index (Phi) is 5.16. The first-order chi connectivity index (χ1) is 13.2. The van der Waals surface area contributed by atoms with E-state index < -0.39 is 0 Å². The number of nitrogens with zero attached hydrogens (tertiary/aromatic N) is 2. The van der Waals surface area contributed by atoms with Crippen LogP contribution in [0.15, 0.2) is 60.0 Å². The molecule has 0 radical (unpaired) electrons. The van der Waals surface area contributed by atoms with Gasteiger partial charge in [0, 0.05) is 6.54 Å². The molecule has 0 atom stereocenters. The van der Waals surface area contributed by atoms with E-state index in [1.165, 1.54) is 22.3 Å². The zero-order chi connectivity index (χ0) is 18.6. The van der Waals surface area contributed by atoms with Gasteiger partial charge in [-0.3, -0.25) is 0 Å². The van der Waals surface area contributed by atoms with Crippen LogP contribution in [0.2, 0.25) is 0 Å². The van der Waals surface area contributed by atoms with Crippen LogP contribution in [-0.2, 0) is 6.42 Å². The Balaban J connectivity index is 1.34. The number of nitrogens with one attached hydrogen (secondary N) is 1. The van der Waals surface area contributed by atoms with Crippen molar-refractivity contribution in [3.8, 4) is 11.1 Å². The molecule has 0 fully saturated rings. The van der Waals surface area contributed by atoms with Gasteiger partial charge in [0.25, 0.3) is 0 Å². The first-order valence-electron chi connectivity index (χ1n) is 9.31. The van der Waals surface area contributed by atoms with E-state index in [1.54, 1.807) is 11.3 Å². The van der Waals surface area contributed by atoms with E-state index in [0.29, 0.717) is 0 Å². The second kappa shape index (κ2) is 7.89. The lowest BCUT2D eigenvalue weighted by Crippen LogP contribution is -2.06. The molecule has 136 valence electrons. The fourth-order valence-corrected chi connectivity index (χ4v) is 4.02. The van der Waals surface area contributed by atoms with Crippen LogP contribution in [0.5, 0.6) is 0 Å². The minimum Gasteiger partial charge on any atom is -0.369 e. The van der Waals surface area contributed by atoms with Crippen LogP contribution in [0.3, 0.4) is 0 Å². The summed E-state index contributed by atoms with van der Waals surface area (Å²) in [6.07, 6.45) is 2.12. The minimum absolute atomic E-state index is 0.819. The van der Waals surface area contributed by atoms with Crippen molar-refractivity contribution < 1.29 is 0 Å². The zero-order valence-corrected chi connectivity index (χ0v) is 16.5. The maximum absolute atomic E-state index is 4.55. The average Bonchev–Trinajstić information content (AvgIpc) is 3.15. The number of fused-ring (bicyclic) bond motifs is 1. The van der Waals surface area contributed by atoms with Crippen molar-refractivity contribution in [2.75, 3.05) is 11.9 Å². The Labute approximate surface area is 164 Å². The Morgan fingerprint density at radius 3 is 2.30 bits per heavy atom. The lowest BCUT2D eigenvalue weighted by molar-refractivity contribution is 0.858. The molecule has 0 aliphatic heterocycles. The monoisotopic (exact) mass is 373 g/mol. The summed E-state index contributed by atoms with van der Waals surface area (Å²) < 4.78 is 0. The third-order valence-electron chi connectivity index (χ3n) is 4.71. The molecule has 0 aliphatic carbocycles. The highest BCUT2D eigenvalue weighted by molar-refractivity contribution is 7.16. The molecule has 0 aliphatic rings. The van der Waals surface area contributed by atoms with Gasteiger partial charge in [0.05, 0.1) is 5.39 Å². The molecule has 4 heteroatoms.